The van der Waals surface area contributed by atoms with E-state index >= 15 is 0 Å². The Labute approximate surface area is 127 Å². The highest BCUT2D eigenvalue weighted by Gasteiger charge is 2.04. The molecular weight excluding hydrogens is 276 g/mol. The van der Waals surface area contributed by atoms with E-state index in [1.54, 1.807) is 30.5 Å². The SMILES string of the molecule is N#Cc1ccc(Oc2ccc(-c3cncnc3N)cc2)cc1. The molecule has 0 saturated carbocycles. The molecule has 3 aromatic rings. The first-order chi connectivity index (χ1) is 10.8. The van der Waals surface area contributed by atoms with E-state index in [1.807, 2.05) is 24.3 Å². The number of nitrogens with zero attached hydrogens (tertiary/aromatic N) is 3. The van der Waals surface area contributed by atoms with Crippen LogP contribution >= 0.6 is 0 Å². The molecule has 3 rings (SSSR count). The van der Waals surface area contributed by atoms with Crippen LogP contribution in [0.3, 0.4) is 0 Å². The van der Waals surface area contributed by atoms with E-state index in [1.165, 1.54) is 6.33 Å². The minimum atomic E-state index is 0.441. The first kappa shape index (κ1) is 13.6. The molecule has 0 aliphatic carbocycles. The molecule has 1 heterocycles. The van der Waals surface area contributed by atoms with Gasteiger partial charge >= 0.3 is 0 Å². The summed E-state index contributed by atoms with van der Waals surface area (Å²) in [7, 11) is 0. The highest BCUT2D eigenvalue weighted by molar-refractivity contribution is 5.72. The van der Waals surface area contributed by atoms with Crippen molar-refractivity contribution in [3.05, 3.63) is 66.6 Å². The third-order valence-corrected chi connectivity index (χ3v) is 3.13. The van der Waals surface area contributed by atoms with Crippen LogP contribution in [0.5, 0.6) is 11.5 Å². The van der Waals surface area contributed by atoms with Gasteiger partial charge in [0.25, 0.3) is 0 Å². The summed E-state index contributed by atoms with van der Waals surface area (Å²) in [5.74, 6) is 1.81. The normalized spacial score (nSPS) is 9.95. The Balaban J connectivity index is 1.79. The molecule has 5 nitrogen and oxygen atoms in total. The van der Waals surface area contributed by atoms with Crippen LogP contribution in [0.1, 0.15) is 5.56 Å². The van der Waals surface area contributed by atoms with Gasteiger partial charge in [0.15, 0.2) is 0 Å². The van der Waals surface area contributed by atoms with Gasteiger partial charge in [0, 0.05) is 11.8 Å². The molecule has 0 radical (unpaired) electrons. The van der Waals surface area contributed by atoms with Crippen molar-refractivity contribution in [3.8, 4) is 28.7 Å². The van der Waals surface area contributed by atoms with E-state index in [0.29, 0.717) is 22.9 Å². The van der Waals surface area contributed by atoms with Gasteiger partial charge < -0.3 is 10.5 Å². The zero-order chi connectivity index (χ0) is 15.4. The molecule has 0 bridgehead atoms. The molecule has 0 aliphatic heterocycles. The third-order valence-electron chi connectivity index (χ3n) is 3.13. The van der Waals surface area contributed by atoms with E-state index in [0.717, 1.165) is 11.1 Å². The van der Waals surface area contributed by atoms with Gasteiger partial charge in [-0.3, -0.25) is 0 Å². The summed E-state index contributed by atoms with van der Waals surface area (Å²) in [5.41, 5.74) is 8.14. The molecule has 0 spiro atoms. The van der Waals surface area contributed by atoms with Crippen molar-refractivity contribution in [3.63, 3.8) is 0 Å². The highest BCUT2D eigenvalue weighted by atomic mass is 16.5. The Morgan fingerprint density at radius 1 is 0.955 bits per heavy atom. The third kappa shape index (κ3) is 2.86. The van der Waals surface area contributed by atoms with Crippen LogP contribution in [0.2, 0.25) is 0 Å². The highest BCUT2D eigenvalue weighted by Crippen LogP contribution is 2.27. The van der Waals surface area contributed by atoms with Gasteiger partial charge in [-0.2, -0.15) is 5.26 Å². The van der Waals surface area contributed by atoms with Gasteiger partial charge in [0.1, 0.15) is 23.6 Å². The lowest BCUT2D eigenvalue weighted by atomic mass is 10.1. The smallest absolute Gasteiger partial charge is 0.134 e. The van der Waals surface area contributed by atoms with Crippen molar-refractivity contribution in [1.29, 1.82) is 5.26 Å². The molecule has 0 amide bonds. The average molecular weight is 288 g/mol. The molecular formula is C17H12N4O. The lowest BCUT2D eigenvalue weighted by molar-refractivity contribution is 0.482. The predicted molar refractivity (Wildman–Crippen MR) is 83.1 cm³/mol. The topological polar surface area (TPSA) is 84.8 Å². The fourth-order valence-electron chi connectivity index (χ4n) is 2.00. The monoisotopic (exact) mass is 288 g/mol. The maximum Gasteiger partial charge on any atom is 0.134 e. The van der Waals surface area contributed by atoms with Crippen LogP contribution in [-0.2, 0) is 0 Å². The lowest BCUT2D eigenvalue weighted by Crippen LogP contribution is -1.94. The molecule has 0 fully saturated rings. The molecule has 1 aromatic heterocycles. The van der Waals surface area contributed by atoms with Crippen LogP contribution in [0, 0.1) is 11.3 Å². The van der Waals surface area contributed by atoms with E-state index in [4.69, 9.17) is 15.7 Å². The van der Waals surface area contributed by atoms with Crippen molar-refractivity contribution >= 4 is 5.82 Å². The van der Waals surface area contributed by atoms with E-state index < -0.39 is 0 Å². The maximum atomic E-state index is 8.77. The summed E-state index contributed by atoms with van der Waals surface area (Å²) in [5, 5.41) is 8.77. The predicted octanol–water partition coefficient (Wildman–Crippen LogP) is 3.39. The standard InChI is InChI=1S/C17H12N4O/c18-9-12-1-5-14(6-2-12)22-15-7-3-13(4-8-15)16-10-20-11-21-17(16)19/h1-8,10-11H,(H2,19,20,21). The van der Waals surface area contributed by atoms with Gasteiger partial charge in [0.05, 0.1) is 11.6 Å². The fraction of sp³-hybridized carbons (Fsp3) is 0. The molecule has 2 N–H and O–H groups in total. The zero-order valence-corrected chi connectivity index (χ0v) is 11.6. The lowest BCUT2D eigenvalue weighted by Gasteiger charge is -2.07. The molecule has 0 unspecified atom stereocenters. The minimum absolute atomic E-state index is 0.441. The van der Waals surface area contributed by atoms with Crippen molar-refractivity contribution in [2.75, 3.05) is 5.73 Å². The minimum Gasteiger partial charge on any atom is -0.457 e. The van der Waals surface area contributed by atoms with Crippen LogP contribution in [-0.4, -0.2) is 9.97 Å². The number of nitriles is 1. The van der Waals surface area contributed by atoms with Gasteiger partial charge in [-0.15, -0.1) is 0 Å². The largest absolute Gasteiger partial charge is 0.457 e. The molecule has 5 heteroatoms. The van der Waals surface area contributed by atoms with Crippen molar-refractivity contribution in [2.24, 2.45) is 0 Å². The van der Waals surface area contributed by atoms with Gasteiger partial charge in [-0.05, 0) is 42.0 Å². The maximum absolute atomic E-state index is 8.77. The number of ether oxygens (including phenoxy) is 1. The second kappa shape index (κ2) is 5.94. The summed E-state index contributed by atoms with van der Waals surface area (Å²) in [6.45, 7) is 0. The van der Waals surface area contributed by atoms with E-state index in [9.17, 15) is 0 Å². The first-order valence-electron chi connectivity index (χ1n) is 6.60. The van der Waals surface area contributed by atoms with E-state index in [-0.39, 0.29) is 0 Å². The number of nitrogen functional groups attached to an aromatic ring is 1. The van der Waals surface area contributed by atoms with Crippen LogP contribution in [0.4, 0.5) is 5.82 Å². The van der Waals surface area contributed by atoms with E-state index in [2.05, 4.69) is 16.0 Å². The number of anilines is 1. The second-order valence-corrected chi connectivity index (χ2v) is 4.58. The average Bonchev–Trinajstić information content (AvgIpc) is 2.57. The van der Waals surface area contributed by atoms with Gasteiger partial charge in [-0.1, -0.05) is 12.1 Å². The molecule has 0 atom stereocenters. The molecule has 0 saturated heterocycles. The van der Waals surface area contributed by atoms with Crippen molar-refractivity contribution in [2.45, 2.75) is 0 Å². The Morgan fingerprint density at radius 2 is 1.59 bits per heavy atom. The number of hydrogen-bond donors (Lipinski definition) is 1. The number of aromatic nitrogens is 2. The number of nitrogens with two attached hydrogens (primary N) is 1. The summed E-state index contributed by atoms with van der Waals surface area (Å²) in [4.78, 5) is 7.95. The molecule has 0 aliphatic rings. The summed E-state index contributed by atoms with van der Waals surface area (Å²) < 4.78 is 5.73. The summed E-state index contributed by atoms with van der Waals surface area (Å²) in [6, 6.07) is 16.5. The van der Waals surface area contributed by atoms with Crippen molar-refractivity contribution < 1.29 is 4.74 Å². The Bertz CT molecular complexity index is 821. The zero-order valence-electron chi connectivity index (χ0n) is 11.6. The van der Waals surface area contributed by atoms with Crippen LogP contribution in [0.15, 0.2) is 61.1 Å². The van der Waals surface area contributed by atoms with Crippen molar-refractivity contribution in [1.82, 2.24) is 9.97 Å². The van der Waals surface area contributed by atoms with Gasteiger partial charge in [-0.25, -0.2) is 9.97 Å². The summed E-state index contributed by atoms with van der Waals surface area (Å²) in [6.07, 6.45) is 3.10. The van der Waals surface area contributed by atoms with Crippen LogP contribution in [0.25, 0.3) is 11.1 Å². The number of rotatable bonds is 3. The number of hydrogen-bond acceptors (Lipinski definition) is 5. The molecule has 106 valence electrons. The first-order valence-corrected chi connectivity index (χ1v) is 6.60. The summed E-state index contributed by atoms with van der Waals surface area (Å²) >= 11 is 0. The number of benzene rings is 2. The Kier molecular flexibility index (Phi) is 3.67. The van der Waals surface area contributed by atoms with Crippen LogP contribution < -0.4 is 10.5 Å². The Morgan fingerprint density at radius 3 is 2.18 bits per heavy atom. The molecule has 2 aromatic carbocycles. The quantitative estimate of drug-likeness (QED) is 0.798. The second-order valence-electron chi connectivity index (χ2n) is 4.58. The molecule has 22 heavy (non-hydrogen) atoms. The Hall–Kier alpha value is -3.39. The van der Waals surface area contributed by atoms with Gasteiger partial charge in [0.2, 0.25) is 0 Å². The fourth-order valence-corrected chi connectivity index (χ4v) is 2.00.